The molecular formula is C23H20N4O3. The highest BCUT2D eigenvalue weighted by molar-refractivity contribution is 6.09. The second-order valence-electron chi connectivity index (χ2n) is 7.12. The average Bonchev–Trinajstić information content (AvgIpc) is 2.73. The van der Waals surface area contributed by atoms with E-state index in [-0.39, 0.29) is 22.6 Å². The van der Waals surface area contributed by atoms with Crippen LogP contribution in [0, 0.1) is 18.3 Å². The number of rotatable bonds is 5. The van der Waals surface area contributed by atoms with Crippen molar-refractivity contribution in [3.05, 3.63) is 86.7 Å². The number of aromatic hydroxyl groups is 1. The minimum absolute atomic E-state index is 0.0604. The summed E-state index contributed by atoms with van der Waals surface area (Å²) in [6.07, 6.45) is 0. The van der Waals surface area contributed by atoms with Gasteiger partial charge in [0.05, 0.1) is 5.69 Å². The molecular weight excluding hydrogens is 380 g/mol. The Kier molecular flexibility index (Phi) is 5.88. The highest BCUT2D eigenvalue weighted by Crippen LogP contribution is 2.25. The Morgan fingerprint density at radius 2 is 1.60 bits per heavy atom. The first-order valence-electron chi connectivity index (χ1n) is 9.34. The summed E-state index contributed by atoms with van der Waals surface area (Å²) >= 11 is 0. The molecule has 0 spiro atoms. The largest absolute Gasteiger partial charge is 0.494 e. The van der Waals surface area contributed by atoms with Crippen LogP contribution in [-0.4, -0.2) is 15.9 Å². The zero-order valence-corrected chi connectivity index (χ0v) is 16.8. The van der Waals surface area contributed by atoms with E-state index in [1.165, 1.54) is 12.5 Å². The summed E-state index contributed by atoms with van der Waals surface area (Å²) < 4.78 is 0. The van der Waals surface area contributed by atoms with Crippen molar-refractivity contribution in [2.24, 2.45) is 10.2 Å². The summed E-state index contributed by atoms with van der Waals surface area (Å²) in [5.74, 6) is -0.200. The maximum Gasteiger partial charge on any atom is 0.278 e. The Labute approximate surface area is 173 Å². The third-order valence-electron chi connectivity index (χ3n) is 4.76. The van der Waals surface area contributed by atoms with Crippen LogP contribution in [0.25, 0.3) is 0 Å². The molecule has 0 saturated carbocycles. The molecule has 30 heavy (non-hydrogen) atoms. The van der Waals surface area contributed by atoms with Gasteiger partial charge in [0.1, 0.15) is 11.6 Å². The van der Waals surface area contributed by atoms with Crippen molar-refractivity contribution in [1.29, 1.82) is 5.26 Å². The van der Waals surface area contributed by atoms with Crippen molar-refractivity contribution in [3.63, 3.8) is 0 Å². The molecule has 0 aliphatic rings. The number of carbonyl (C=O) groups is 1. The number of hydrogen-bond acceptors (Lipinski definition) is 6. The molecule has 3 rings (SSSR count). The molecule has 0 radical (unpaired) electrons. The second-order valence-corrected chi connectivity index (χ2v) is 7.12. The molecule has 2 aromatic carbocycles. The lowest BCUT2D eigenvalue weighted by molar-refractivity contribution is 0.103. The van der Waals surface area contributed by atoms with E-state index >= 15 is 0 Å². The molecule has 0 aliphatic heterocycles. The SMILES string of the molecule is Cc1c(C#N)c(O)[nH]c(=O)c1N=Nc1ccc(C(=O)c2ccc(C(C)C)cc2)cc1. The summed E-state index contributed by atoms with van der Waals surface area (Å²) in [5.41, 5.74) is 2.18. The molecule has 0 amide bonds. The minimum atomic E-state index is -0.649. The second kappa shape index (κ2) is 8.53. The normalized spacial score (nSPS) is 11.0. The van der Waals surface area contributed by atoms with Gasteiger partial charge >= 0.3 is 0 Å². The van der Waals surface area contributed by atoms with E-state index in [1.807, 2.05) is 30.3 Å². The van der Waals surface area contributed by atoms with Crippen molar-refractivity contribution in [2.45, 2.75) is 26.7 Å². The lowest BCUT2D eigenvalue weighted by atomic mass is 9.98. The number of nitrogens with zero attached hydrogens (tertiary/aromatic N) is 3. The monoisotopic (exact) mass is 400 g/mol. The van der Waals surface area contributed by atoms with Crippen LogP contribution in [0.3, 0.4) is 0 Å². The molecule has 2 N–H and O–H groups in total. The maximum absolute atomic E-state index is 12.7. The highest BCUT2D eigenvalue weighted by Gasteiger charge is 2.14. The Morgan fingerprint density at radius 3 is 2.13 bits per heavy atom. The number of azo groups is 1. The topological polar surface area (TPSA) is 119 Å². The standard InChI is InChI=1S/C23H20N4O3/c1-13(2)15-4-6-16(7-5-15)21(28)17-8-10-18(11-9-17)26-27-20-14(3)19(12-24)22(29)25-23(20)30/h4-11,13H,1-3H3,(H2,25,29,30). The zero-order valence-electron chi connectivity index (χ0n) is 16.8. The molecule has 1 aromatic heterocycles. The van der Waals surface area contributed by atoms with Gasteiger partial charge in [0, 0.05) is 16.7 Å². The predicted molar refractivity (Wildman–Crippen MR) is 113 cm³/mol. The summed E-state index contributed by atoms with van der Waals surface area (Å²) in [6, 6.07) is 15.9. The van der Waals surface area contributed by atoms with Crippen LogP contribution >= 0.6 is 0 Å². The van der Waals surface area contributed by atoms with Crippen LogP contribution in [0.1, 0.15) is 52.4 Å². The molecule has 0 atom stereocenters. The molecule has 0 unspecified atom stereocenters. The van der Waals surface area contributed by atoms with Crippen molar-refractivity contribution in [2.75, 3.05) is 0 Å². The number of aromatic nitrogens is 1. The van der Waals surface area contributed by atoms with Crippen molar-refractivity contribution < 1.29 is 9.90 Å². The van der Waals surface area contributed by atoms with Crippen LogP contribution in [-0.2, 0) is 0 Å². The third-order valence-corrected chi connectivity index (χ3v) is 4.76. The number of pyridine rings is 1. The van der Waals surface area contributed by atoms with Gasteiger partial charge in [-0.3, -0.25) is 14.6 Å². The van der Waals surface area contributed by atoms with E-state index in [1.54, 1.807) is 24.3 Å². The van der Waals surface area contributed by atoms with Gasteiger partial charge in [-0.1, -0.05) is 38.1 Å². The zero-order chi connectivity index (χ0) is 21.8. The fourth-order valence-corrected chi connectivity index (χ4v) is 2.93. The Bertz CT molecular complexity index is 1220. The molecule has 0 bridgehead atoms. The predicted octanol–water partition coefficient (Wildman–Crippen LogP) is 5.03. The highest BCUT2D eigenvalue weighted by atomic mass is 16.3. The first-order chi connectivity index (χ1) is 14.3. The maximum atomic E-state index is 12.7. The van der Waals surface area contributed by atoms with Crippen molar-refractivity contribution >= 4 is 17.2 Å². The number of aromatic amines is 1. The average molecular weight is 400 g/mol. The summed E-state index contributed by atoms with van der Waals surface area (Å²) in [4.78, 5) is 26.8. The molecule has 3 aromatic rings. The van der Waals surface area contributed by atoms with E-state index < -0.39 is 11.4 Å². The Balaban J connectivity index is 1.82. The fourth-order valence-electron chi connectivity index (χ4n) is 2.93. The first kappa shape index (κ1) is 20.7. The van der Waals surface area contributed by atoms with Gasteiger partial charge in [-0.2, -0.15) is 10.4 Å². The summed E-state index contributed by atoms with van der Waals surface area (Å²) in [7, 11) is 0. The molecule has 7 heteroatoms. The lowest BCUT2D eigenvalue weighted by Gasteiger charge is -2.06. The van der Waals surface area contributed by atoms with E-state index in [0.717, 1.165) is 0 Å². The molecule has 7 nitrogen and oxygen atoms in total. The molecule has 0 fully saturated rings. The molecule has 150 valence electrons. The molecule has 1 heterocycles. The fraction of sp³-hybridized carbons (Fsp3) is 0.174. The number of hydrogen-bond donors (Lipinski definition) is 2. The number of nitrogens with one attached hydrogen (secondary N) is 1. The van der Waals surface area contributed by atoms with Gasteiger partial charge in [-0.25, -0.2) is 0 Å². The number of ketones is 1. The quantitative estimate of drug-likeness (QED) is 0.461. The number of H-pyrrole nitrogens is 1. The van der Waals surface area contributed by atoms with Gasteiger partial charge in [0.2, 0.25) is 5.88 Å². The van der Waals surface area contributed by atoms with Gasteiger partial charge in [0.15, 0.2) is 11.5 Å². The Morgan fingerprint density at radius 1 is 1.03 bits per heavy atom. The van der Waals surface area contributed by atoms with E-state index in [0.29, 0.717) is 22.7 Å². The number of nitriles is 1. The van der Waals surface area contributed by atoms with E-state index in [4.69, 9.17) is 5.26 Å². The number of carbonyl (C=O) groups excluding carboxylic acids is 1. The van der Waals surface area contributed by atoms with Crippen molar-refractivity contribution in [1.82, 2.24) is 4.98 Å². The van der Waals surface area contributed by atoms with Crippen LogP contribution in [0.2, 0.25) is 0 Å². The third kappa shape index (κ3) is 4.18. The lowest BCUT2D eigenvalue weighted by Crippen LogP contribution is -2.08. The summed E-state index contributed by atoms with van der Waals surface area (Å²) in [6.45, 7) is 5.70. The van der Waals surface area contributed by atoms with Crippen LogP contribution < -0.4 is 5.56 Å². The first-order valence-corrected chi connectivity index (χ1v) is 9.34. The van der Waals surface area contributed by atoms with Crippen LogP contribution in [0.15, 0.2) is 63.6 Å². The van der Waals surface area contributed by atoms with Gasteiger partial charge in [-0.05, 0) is 42.7 Å². The van der Waals surface area contributed by atoms with E-state index in [9.17, 15) is 14.7 Å². The van der Waals surface area contributed by atoms with Crippen molar-refractivity contribution in [3.8, 4) is 11.9 Å². The molecule has 0 aliphatic carbocycles. The van der Waals surface area contributed by atoms with Gasteiger partial charge in [-0.15, -0.1) is 5.11 Å². The Hall–Kier alpha value is -4.05. The van der Waals surface area contributed by atoms with Crippen LogP contribution in [0.4, 0.5) is 11.4 Å². The summed E-state index contributed by atoms with van der Waals surface area (Å²) in [5, 5.41) is 26.6. The smallest absolute Gasteiger partial charge is 0.278 e. The van der Waals surface area contributed by atoms with Gasteiger partial charge < -0.3 is 5.11 Å². The van der Waals surface area contributed by atoms with E-state index in [2.05, 4.69) is 29.1 Å². The molecule has 0 saturated heterocycles. The number of benzene rings is 2. The minimum Gasteiger partial charge on any atom is -0.494 e. The van der Waals surface area contributed by atoms with Gasteiger partial charge in [0.25, 0.3) is 5.56 Å². The van der Waals surface area contributed by atoms with Crippen LogP contribution in [0.5, 0.6) is 5.88 Å².